The van der Waals surface area contributed by atoms with Crippen LogP contribution in [0.25, 0.3) is 0 Å². The molecule has 82 valence electrons. The monoisotopic (exact) mass is 214 g/mol. The lowest BCUT2D eigenvalue weighted by molar-refractivity contribution is 0.0659. The van der Waals surface area contributed by atoms with Crippen LogP contribution >= 0.6 is 12.6 Å². The van der Waals surface area contributed by atoms with Crippen LogP contribution in [0, 0.1) is 0 Å². The topological polar surface area (TPSA) is 6.48 Å². The molecule has 1 fully saturated rings. The predicted molar refractivity (Wildman–Crippen MR) is 66.1 cm³/mol. The first kappa shape index (κ1) is 12.1. The molecule has 3 heteroatoms. The van der Waals surface area contributed by atoms with Gasteiger partial charge in [0.15, 0.2) is 0 Å². The van der Waals surface area contributed by atoms with E-state index in [4.69, 9.17) is 0 Å². The van der Waals surface area contributed by atoms with Gasteiger partial charge in [0.1, 0.15) is 0 Å². The summed E-state index contributed by atoms with van der Waals surface area (Å²) in [4.78, 5) is 4.92. The summed E-state index contributed by atoms with van der Waals surface area (Å²) < 4.78 is 0. The summed E-state index contributed by atoms with van der Waals surface area (Å²) in [6.45, 7) is 11.9. The number of hydrogen-bond donors (Lipinski definition) is 1. The molecule has 0 bridgehead atoms. The van der Waals surface area contributed by atoms with E-state index < -0.39 is 0 Å². The Morgan fingerprint density at radius 3 is 2.29 bits per heavy atom. The van der Waals surface area contributed by atoms with Gasteiger partial charge in [-0.1, -0.05) is 12.2 Å². The standard InChI is InChI=1S/C11H22N2S/c1-9(8-14)5-13-6-10(2)12(4)11(3)7-13/h10-11,14H,1,5-8H2,2-4H3/t10-,11+. The maximum atomic E-state index is 4.24. The van der Waals surface area contributed by atoms with Crippen LogP contribution in [0.5, 0.6) is 0 Å². The molecule has 1 saturated heterocycles. The Morgan fingerprint density at radius 2 is 1.86 bits per heavy atom. The summed E-state index contributed by atoms with van der Waals surface area (Å²) in [5, 5.41) is 0. The van der Waals surface area contributed by atoms with Crippen molar-refractivity contribution in [3.63, 3.8) is 0 Å². The van der Waals surface area contributed by atoms with Gasteiger partial charge in [-0.3, -0.25) is 9.80 Å². The fraction of sp³-hybridized carbons (Fsp3) is 0.818. The van der Waals surface area contributed by atoms with Gasteiger partial charge in [-0.15, -0.1) is 0 Å². The molecule has 0 radical (unpaired) electrons. The highest BCUT2D eigenvalue weighted by Gasteiger charge is 2.26. The fourth-order valence-electron chi connectivity index (χ4n) is 2.01. The number of nitrogens with zero attached hydrogens (tertiary/aromatic N) is 2. The molecule has 1 aliphatic rings. The van der Waals surface area contributed by atoms with Crippen molar-refractivity contribution in [3.8, 4) is 0 Å². The molecule has 1 heterocycles. The molecule has 2 nitrogen and oxygen atoms in total. The summed E-state index contributed by atoms with van der Waals surface area (Å²) >= 11 is 4.24. The van der Waals surface area contributed by atoms with Crippen LogP contribution < -0.4 is 0 Å². The minimum absolute atomic E-state index is 0.645. The van der Waals surface area contributed by atoms with Gasteiger partial charge in [0, 0.05) is 37.5 Å². The molecule has 0 N–H and O–H groups in total. The Hall–Kier alpha value is 0.01000. The highest BCUT2D eigenvalue weighted by molar-refractivity contribution is 7.80. The number of piperazine rings is 1. The second kappa shape index (κ2) is 5.19. The lowest BCUT2D eigenvalue weighted by Crippen LogP contribution is -2.55. The van der Waals surface area contributed by atoms with Crippen molar-refractivity contribution in [2.75, 3.05) is 32.4 Å². The smallest absolute Gasteiger partial charge is 0.0199 e. The first-order chi connectivity index (χ1) is 6.54. The summed E-state index contributed by atoms with van der Waals surface area (Å²) in [5.74, 6) is 0.801. The molecule has 0 unspecified atom stereocenters. The first-order valence-corrected chi connectivity index (χ1v) is 5.89. The highest BCUT2D eigenvalue weighted by Crippen LogP contribution is 2.14. The van der Waals surface area contributed by atoms with Crippen LogP contribution in [0.1, 0.15) is 13.8 Å². The molecule has 0 spiro atoms. The molecule has 0 aromatic heterocycles. The quantitative estimate of drug-likeness (QED) is 0.562. The van der Waals surface area contributed by atoms with Gasteiger partial charge in [0.25, 0.3) is 0 Å². The van der Waals surface area contributed by atoms with Crippen molar-refractivity contribution in [2.24, 2.45) is 0 Å². The SMILES string of the molecule is C=C(CS)CN1C[C@@H](C)N(C)[C@@H](C)C1. The van der Waals surface area contributed by atoms with E-state index in [0.717, 1.165) is 25.4 Å². The minimum Gasteiger partial charge on any atom is -0.298 e. The van der Waals surface area contributed by atoms with Gasteiger partial charge >= 0.3 is 0 Å². The summed E-state index contributed by atoms with van der Waals surface area (Å²) in [6.07, 6.45) is 0. The van der Waals surface area contributed by atoms with E-state index in [1.54, 1.807) is 0 Å². The molecule has 0 amide bonds. The molecule has 0 saturated carbocycles. The minimum atomic E-state index is 0.645. The van der Waals surface area contributed by atoms with Crippen molar-refractivity contribution in [1.29, 1.82) is 0 Å². The summed E-state index contributed by atoms with van der Waals surface area (Å²) in [6, 6.07) is 1.29. The second-order valence-corrected chi connectivity index (χ2v) is 4.78. The van der Waals surface area contributed by atoms with Gasteiger partial charge in [-0.05, 0) is 20.9 Å². The van der Waals surface area contributed by atoms with Crippen molar-refractivity contribution in [1.82, 2.24) is 9.80 Å². The van der Waals surface area contributed by atoms with E-state index >= 15 is 0 Å². The third-order valence-corrected chi connectivity index (χ3v) is 3.55. The predicted octanol–water partition coefficient (Wildman–Crippen LogP) is 1.50. The Labute approximate surface area is 93.4 Å². The fourth-order valence-corrected chi connectivity index (χ4v) is 2.11. The number of rotatable bonds is 3. The molecule has 0 aliphatic carbocycles. The van der Waals surface area contributed by atoms with Crippen molar-refractivity contribution in [3.05, 3.63) is 12.2 Å². The summed E-state index contributed by atoms with van der Waals surface area (Å²) in [5.41, 5.74) is 1.22. The van der Waals surface area contributed by atoms with E-state index in [0.29, 0.717) is 12.1 Å². The molecule has 0 aromatic carbocycles. The zero-order valence-corrected chi connectivity index (χ0v) is 10.4. The molecular weight excluding hydrogens is 192 g/mol. The number of thiol groups is 1. The Bertz CT molecular complexity index is 193. The maximum absolute atomic E-state index is 4.24. The highest BCUT2D eigenvalue weighted by atomic mass is 32.1. The Kier molecular flexibility index (Phi) is 4.48. The normalized spacial score (nSPS) is 30.6. The average molecular weight is 214 g/mol. The first-order valence-electron chi connectivity index (χ1n) is 5.26. The summed E-state index contributed by atoms with van der Waals surface area (Å²) in [7, 11) is 2.21. The Morgan fingerprint density at radius 1 is 1.36 bits per heavy atom. The van der Waals surface area contributed by atoms with Crippen molar-refractivity contribution < 1.29 is 0 Å². The second-order valence-electron chi connectivity index (χ2n) is 4.47. The third-order valence-electron chi connectivity index (χ3n) is 3.11. The lowest BCUT2D eigenvalue weighted by atomic mass is 10.1. The average Bonchev–Trinajstić information content (AvgIpc) is 2.14. The molecule has 2 atom stereocenters. The van der Waals surface area contributed by atoms with Gasteiger partial charge in [-0.2, -0.15) is 12.6 Å². The van der Waals surface area contributed by atoms with Crippen LogP contribution in [0.15, 0.2) is 12.2 Å². The lowest BCUT2D eigenvalue weighted by Gasteiger charge is -2.42. The molecular formula is C11H22N2S. The van der Waals surface area contributed by atoms with E-state index in [1.165, 1.54) is 5.57 Å². The van der Waals surface area contributed by atoms with E-state index in [-0.39, 0.29) is 0 Å². The van der Waals surface area contributed by atoms with E-state index in [2.05, 4.69) is 49.9 Å². The van der Waals surface area contributed by atoms with Gasteiger partial charge in [0.05, 0.1) is 0 Å². The zero-order valence-electron chi connectivity index (χ0n) is 9.53. The van der Waals surface area contributed by atoms with Gasteiger partial charge in [-0.25, -0.2) is 0 Å². The van der Waals surface area contributed by atoms with Gasteiger partial charge < -0.3 is 0 Å². The van der Waals surface area contributed by atoms with Crippen LogP contribution in [0.3, 0.4) is 0 Å². The molecule has 0 aromatic rings. The molecule has 1 rings (SSSR count). The van der Waals surface area contributed by atoms with E-state index in [1.807, 2.05) is 0 Å². The van der Waals surface area contributed by atoms with Gasteiger partial charge in [0.2, 0.25) is 0 Å². The number of likely N-dealkylation sites (N-methyl/N-ethyl adjacent to an activating group) is 1. The largest absolute Gasteiger partial charge is 0.298 e. The van der Waals surface area contributed by atoms with Crippen LogP contribution in [-0.4, -0.2) is 54.3 Å². The third kappa shape index (κ3) is 3.01. The van der Waals surface area contributed by atoms with Crippen molar-refractivity contribution >= 4 is 12.6 Å². The maximum Gasteiger partial charge on any atom is 0.0199 e. The van der Waals surface area contributed by atoms with Crippen LogP contribution in [-0.2, 0) is 0 Å². The van der Waals surface area contributed by atoms with E-state index in [9.17, 15) is 0 Å². The molecule has 1 aliphatic heterocycles. The van der Waals surface area contributed by atoms with Crippen molar-refractivity contribution in [2.45, 2.75) is 25.9 Å². The number of hydrogen-bond acceptors (Lipinski definition) is 3. The zero-order chi connectivity index (χ0) is 10.7. The molecule has 14 heavy (non-hydrogen) atoms. The Balaban J connectivity index is 2.45. The van der Waals surface area contributed by atoms with Crippen LogP contribution in [0.2, 0.25) is 0 Å². The van der Waals surface area contributed by atoms with Crippen LogP contribution in [0.4, 0.5) is 0 Å².